The van der Waals surface area contributed by atoms with Crippen LogP contribution in [0.25, 0.3) is 0 Å². The summed E-state index contributed by atoms with van der Waals surface area (Å²) in [6, 6.07) is 7.76. The van der Waals surface area contributed by atoms with E-state index in [4.69, 9.17) is 10.5 Å². The molecule has 0 amide bonds. The first-order valence-electron chi connectivity index (χ1n) is 6.63. The van der Waals surface area contributed by atoms with Crippen molar-refractivity contribution in [1.82, 2.24) is 0 Å². The Morgan fingerprint density at radius 1 is 1.28 bits per heavy atom. The number of nitrogens with two attached hydrogens (primary N) is 1. The maximum absolute atomic E-state index is 14.8. The molecule has 0 aliphatic rings. The number of halogens is 1. The van der Waals surface area contributed by atoms with E-state index in [0.29, 0.717) is 24.9 Å². The molecule has 2 N–H and O–H groups in total. The average molecular weight is 253 g/mol. The molecule has 1 aromatic rings. The molecule has 1 unspecified atom stereocenters. The Kier molecular flexibility index (Phi) is 6.30. The highest BCUT2D eigenvalue weighted by atomic mass is 19.1. The largest absolute Gasteiger partial charge is 0.381 e. The fraction of sp³-hybridized carbons (Fsp3) is 0.600. The molecular formula is C15H24FNO. The van der Waals surface area contributed by atoms with Gasteiger partial charge in [0.15, 0.2) is 5.67 Å². The summed E-state index contributed by atoms with van der Waals surface area (Å²) in [5.41, 5.74) is 5.99. The van der Waals surface area contributed by atoms with Gasteiger partial charge in [0.25, 0.3) is 0 Å². The summed E-state index contributed by atoms with van der Waals surface area (Å²) >= 11 is 0. The van der Waals surface area contributed by atoms with Crippen LogP contribution in [0.3, 0.4) is 0 Å². The van der Waals surface area contributed by atoms with Crippen molar-refractivity contribution in [1.29, 1.82) is 0 Å². The summed E-state index contributed by atoms with van der Waals surface area (Å²) in [6.07, 6.45) is 3.21. The van der Waals surface area contributed by atoms with Crippen LogP contribution in [0.5, 0.6) is 0 Å². The van der Waals surface area contributed by atoms with E-state index >= 15 is 0 Å². The monoisotopic (exact) mass is 253 g/mol. The molecule has 102 valence electrons. The van der Waals surface area contributed by atoms with E-state index in [1.165, 1.54) is 12.7 Å². The molecule has 0 saturated heterocycles. The zero-order valence-corrected chi connectivity index (χ0v) is 11.4. The molecule has 0 aromatic heterocycles. The smallest absolute Gasteiger partial charge is 0.159 e. The molecule has 0 heterocycles. The molecule has 0 aliphatic carbocycles. The highest BCUT2D eigenvalue weighted by molar-refractivity contribution is 5.27. The Morgan fingerprint density at radius 3 is 2.44 bits per heavy atom. The van der Waals surface area contributed by atoms with E-state index < -0.39 is 5.67 Å². The van der Waals surface area contributed by atoms with Gasteiger partial charge >= 0.3 is 0 Å². The maximum Gasteiger partial charge on any atom is 0.159 e. The van der Waals surface area contributed by atoms with Gasteiger partial charge in [0.1, 0.15) is 0 Å². The molecule has 2 nitrogen and oxygen atoms in total. The van der Waals surface area contributed by atoms with Crippen LogP contribution in [0.2, 0.25) is 0 Å². The fourth-order valence-corrected chi connectivity index (χ4v) is 2.17. The molecule has 0 aliphatic heterocycles. The Bertz CT molecular complexity index is 339. The van der Waals surface area contributed by atoms with E-state index in [0.717, 1.165) is 12.8 Å². The molecule has 1 atom stereocenters. The van der Waals surface area contributed by atoms with Crippen LogP contribution in [-0.4, -0.2) is 20.3 Å². The van der Waals surface area contributed by atoms with Crippen molar-refractivity contribution in [2.24, 2.45) is 5.73 Å². The Morgan fingerprint density at radius 2 is 1.94 bits per heavy atom. The number of hydrogen-bond acceptors (Lipinski definition) is 2. The first-order chi connectivity index (χ1) is 8.66. The number of alkyl halides is 1. The first kappa shape index (κ1) is 15.1. The van der Waals surface area contributed by atoms with E-state index in [1.807, 2.05) is 24.3 Å². The molecule has 0 fully saturated rings. The second-order valence-corrected chi connectivity index (χ2v) is 4.74. The van der Waals surface area contributed by atoms with Crippen molar-refractivity contribution in [3.63, 3.8) is 0 Å². The second-order valence-electron chi connectivity index (χ2n) is 4.74. The molecular weight excluding hydrogens is 229 g/mol. The van der Waals surface area contributed by atoms with Crippen molar-refractivity contribution >= 4 is 0 Å². The molecule has 0 saturated carbocycles. The van der Waals surface area contributed by atoms with E-state index in [2.05, 4.69) is 6.92 Å². The molecule has 0 bridgehead atoms. The van der Waals surface area contributed by atoms with Gasteiger partial charge in [0, 0.05) is 7.11 Å². The van der Waals surface area contributed by atoms with Gasteiger partial charge in [-0.15, -0.1) is 0 Å². The van der Waals surface area contributed by atoms with Gasteiger partial charge in [-0.1, -0.05) is 37.6 Å². The van der Waals surface area contributed by atoms with Crippen molar-refractivity contribution in [2.75, 3.05) is 20.3 Å². The molecule has 18 heavy (non-hydrogen) atoms. The third kappa shape index (κ3) is 4.07. The molecule has 3 heteroatoms. The SMILES string of the molecule is CCCc1ccc(C(F)(CCCN)COC)cc1. The van der Waals surface area contributed by atoms with Crippen LogP contribution in [0.15, 0.2) is 24.3 Å². The third-order valence-electron chi connectivity index (χ3n) is 3.16. The van der Waals surface area contributed by atoms with Gasteiger partial charge in [-0.3, -0.25) is 0 Å². The van der Waals surface area contributed by atoms with Crippen molar-refractivity contribution in [3.8, 4) is 0 Å². The highest BCUT2D eigenvalue weighted by Gasteiger charge is 2.31. The lowest BCUT2D eigenvalue weighted by molar-refractivity contribution is 0.0304. The van der Waals surface area contributed by atoms with E-state index in [-0.39, 0.29) is 6.61 Å². The van der Waals surface area contributed by atoms with Crippen molar-refractivity contribution < 1.29 is 9.13 Å². The third-order valence-corrected chi connectivity index (χ3v) is 3.16. The summed E-state index contributed by atoms with van der Waals surface area (Å²) in [6.45, 7) is 2.73. The minimum Gasteiger partial charge on any atom is -0.381 e. The van der Waals surface area contributed by atoms with Gasteiger partial charge in [0.2, 0.25) is 0 Å². The van der Waals surface area contributed by atoms with Crippen molar-refractivity contribution in [3.05, 3.63) is 35.4 Å². The summed E-state index contributed by atoms with van der Waals surface area (Å²) in [5.74, 6) is 0. The maximum atomic E-state index is 14.8. The van der Waals surface area contributed by atoms with Crippen LogP contribution >= 0.6 is 0 Å². The van der Waals surface area contributed by atoms with E-state index in [9.17, 15) is 4.39 Å². The number of aryl methyl sites for hydroxylation is 1. The minimum absolute atomic E-state index is 0.0835. The van der Waals surface area contributed by atoms with Crippen LogP contribution < -0.4 is 5.73 Å². The highest BCUT2D eigenvalue weighted by Crippen LogP contribution is 2.31. The normalized spacial score (nSPS) is 14.4. The fourth-order valence-electron chi connectivity index (χ4n) is 2.17. The predicted octanol–water partition coefficient (Wildman–Crippen LogP) is 3.19. The molecule has 0 radical (unpaired) electrons. The van der Waals surface area contributed by atoms with Crippen LogP contribution in [0, 0.1) is 0 Å². The number of hydrogen-bond donors (Lipinski definition) is 1. The quantitative estimate of drug-likeness (QED) is 0.772. The van der Waals surface area contributed by atoms with Crippen LogP contribution in [-0.2, 0) is 16.8 Å². The lowest BCUT2D eigenvalue weighted by Crippen LogP contribution is -2.27. The van der Waals surface area contributed by atoms with Gasteiger partial charge in [-0.2, -0.15) is 0 Å². The number of methoxy groups -OCH3 is 1. The van der Waals surface area contributed by atoms with Crippen LogP contribution in [0.1, 0.15) is 37.3 Å². The summed E-state index contributed by atoms with van der Waals surface area (Å²) < 4.78 is 19.9. The zero-order chi connectivity index (χ0) is 13.4. The number of ether oxygens (including phenoxy) is 1. The zero-order valence-electron chi connectivity index (χ0n) is 11.4. The summed E-state index contributed by atoms with van der Waals surface area (Å²) in [4.78, 5) is 0. The second kappa shape index (κ2) is 7.49. The minimum atomic E-state index is -1.42. The number of rotatable bonds is 8. The van der Waals surface area contributed by atoms with Gasteiger partial charge < -0.3 is 10.5 Å². The standard InChI is InChI=1S/C15H24FNO/c1-3-5-13-6-8-14(9-7-13)15(16,12-18-2)10-4-11-17/h6-9H,3-5,10-12,17H2,1-2H3. The first-order valence-corrected chi connectivity index (χ1v) is 6.63. The lowest BCUT2D eigenvalue weighted by atomic mass is 9.90. The molecule has 0 spiro atoms. The lowest BCUT2D eigenvalue weighted by Gasteiger charge is -2.25. The Balaban J connectivity index is 2.84. The van der Waals surface area contributed by atoms with Gasteiger partial charge in [0.05, 0.1) is 6.61 Å². The van der Waals surface area contributed by atoms with Crippen LogP contribution in [0.4, 0.5) is 4.39 Å². The number of benzene rings is 1. The Hall–Kier alpha value is -0.930. The van der Waals surface area contributed by atoms with Gasteiger partial charge in [-0.25, -0.2) is 4.39 Å². The molecule has 1 rings (SSSR count). The van der Waals surface area contributed by atoms with Gasteiger partial charge in [-0.05, 0) is 36.9 Å². The predicted molar refractivity (Wildman–Crippen MR) is 73.4 cm³/mol. The topological polar surface area (TPSA) is 35.2 Å². The summed E-state index contributed by atoms with van der Waals surface area (Å²) in [7, 11) is 1.53. The van der Waals surface area contributed by atoms with Crippen molar-refractivity contribution in [2.45, 2.75) is 38.3 Å². The average Bonchev–Trinajstić information content (AvgIpc) is 2.38. The summed E-state index contributed by atoms with van der Waals surface area (Å²) in [5, 5.41) is 0. The Labute approximate surface area is 109 Å². The van der Waals surface area contributed by atoms with E-state index in [1.54, 1.807) is 0 Å². The molecule has 1 aromatic carbocycles.